The highest BCUT2D eigenvalue weighted by atomic mass is 32.2. The Labute approximate surface area is 140 Å². The number of ether oxygens (including phenoxy) is 1. The fourth-order valence-electron chi connectivity index (χ4n) is 3.18. The summed E-state index contributed by atoms with van der Waals surface area (Å²) in [5, 5.41) is 0. The zero-order chi connectivity index (χ0) is 17.5. The lowest BCUT2D eigenvalue weighted by atomic mass is 10.1. The number of carbonyl (C=O) groups is 2. The summed E-state index contributed by atoms with van der Waals surface area (Å²) < 4.78 is 30.4. The van der Waals surface area contributed by atoms with Crippen molar-refractivity contribution in [3.63, 3.8) is 0 Å². The van der Waals surface area contributed by atoms with Crippen LogP contribution in [0.15, 0.2) is 18.2 Å². The monoisotopic (exact) mass is 353 g/mol. The lowest BCUT2D eigenvalue weighted by molar-refractivity contribution is -0.128. The van der Waals surface area contributed by atoms with Gasteiger partial charge in [-0.3, -0.25) is 14.4 Å². The summed E-state index contributed by atoms with van der Waals surface area (Å²) >= 11 is 0. The van der Waals surface area contributed by atoms with Crippen molar-refractivity contribution in [2.24, 2.45) is 0 Å². The number of urea groups is 1. The summed E-state index contributed by atoms with van der Waals surface area (Å²) in [5.41, 5.74) is 0.918. The van der Waals surface area contributed by atoms with Gasteiger partial charge in [-0.15, -0.1) is 0 Å². The van der Waals surface area contributed by atoms with Gasteiger partial charge >= 0.3 is 6.03 Å². The van der Waals surface area contributed by atoms with E-state index in [2.05, 4.69) is 4.72 Å². The van der Waals surface area contributed by atoms with Crippen LogP contribution < -0.4 is 9.46 Å². The normalized spacial score (nSPS) is 20.5. The summed E-state index contributed by atoms with van der Waals surface area (Å²) in [6.45, 7) is 0.645. The summed E-state index contributed by atoms with van der Waals surface area (Å²) in [6, 6.07) is 4.08. The Hall–Kier alpha value is -2.29. The number of sulfonamides is 1. The second-order valence-electron chi connectivity index (χ2n) is 5.96. The maximum absolute atomic E-state index is 12.4. The Morgan fingerprint density at radius 3 is 2.71 bits per heavy atom. The molecule has 1 aromatic carbocycles. The van der Waals surface area contributed by atoms with Crippen LogP contribution in [0.5, 0.6) is 5.75 Å². The molecule has 2 aliphatic rings. The highest BCUT2D eigenvalue weighted by Gasteiger charge is 2.47. The SMILES string of the molecule is COc1ccc(NS(C)(=O)=O)cc1CN1C(=O)C2CCCN2C1=O. The van der Waals surface area contributed by atoms with Crippen LogP contribution in [0.4, 0.5) is 10.5 Å². The number of nitrogens with zero attached hydrogens (tertiary/aromatic N) is 2. The third-order valence-corrected chi connectivity index (χ3v) is 4.80. The first-order valence-electron chi connectivity index (χ1n) is 7.57. The molecule has 0 aromatic heterocycles. The molecule has 130 valence electrons. The Bertz CT molecular complexity index is 770. The molecule has 0 bridgehead atoms. The smallest absolute Gasteiger partial charge is 0.327 e. The summed E-state index contributed by atoms with van der Waals surface area (Å²) in [6.07, 6.45) is 2.58. The molecule has 3 rings (SSSR count). The van der Waals surface area contributed by atoms with Gasteiger partial charge in [0.05, 0.1) is 19.9 Å². The molecular weight excluding hydrogens is 334 g/mol. The average Bonchev–Trinajstić information content (AvgIpc) is 3.06. The second kappa shape index (κ2) is 5.97. The molecule has 2 saturated heterocycles. The molecule has 2 heterocycles. The maximum atomic E-state index is 12.4. The minimum atomic E-state index is -3.42. The van der Waals surface area contributed by atoms with E-state index in [1.54, 1.807) is 23.1 Å². The van der Waals surface area contributed by atoms with Gasteiger partial charge in [0.15, 0.2) is 0 Å². The molecule has 1 atom stereocenters. The predicted octanol–water partition coefficient (Wildman–Crippen LogP) is 0.993. The van der Waals surface area contributed by atoms with Crippen LogP contribution in [0.3, 0.4) is 0 Å². The van der Waals surface area contributed by atoms with E-state index in [9.17, 15) is 18.0 Å². The average molecular weight is 353 g/mol. The van der Waals surface area contributed by atoms with Crippen LogP contribution >= 0.6 is 0 Å². The van der Waals surface area contributed by atoms with E-state index in [0.717, 1.165) is 12.7 Å². The molecule has 0 radical (unpaired) electrons. The minimum Gasteiger partial charge on any atom is -0.496 e. The number of benzene rings is 1. The number of carbonyl (C=O) groups excluding carboxylic acids is 2. The van der Waals surface area contributed by atoms with Crippen LogP contribution in [-0.2, 0) is 21.4 Å². The number of hydrogen-bond donors (Lipinski definition) is 1. The quantitative estimate of drug-likeness (QED) is 0.797. The van der Waals surface area contributed by atoms with E-state index >= 15 is 0 Å². The fraction of sp³-hybridized carbons (Fsp3) is 0.467. The van der Waals surface area contributed by atoms with Gasteiger partial charge in [0.1, 0.15) is 11.8 Å². The highest BCUT2D eigenvalue weighted by Crippen LogP contribution is 2.31. The van der Waals surface area contributed by atoms with Gasteiger partial charge < -0.3 is 9.64 Å². The zero-order valence-electron chi connectivity index (χ0n) is 13.5. The van der Waals surface area contributed by atoms with Crippen LogP contribution in [0.2, 0.25) is 0 Å². The first-order valence-corrected chi connectivity index (χ1v) is 9.46. The van der Waals surface area contributed by atoms with Gasteiger partial charge in [-0.05, 0) is 31.0 Å². The summed E-state index contributed by atoms with van der Waals surface area (Å²) in [5.74, 6) is 0.280. The molecule has 1 aromatic rings. The van der Waals surface area contributed by atoms with Crippen LogP contribution in [0, 0.1) is 0 Å². The Morgan fingerprint density at radius 2 is 2.08 bits per heavy atom. The van der Waals surface area contributed by atoms with Gasteiger partial charge in [0, 0.05) is 17.8 Å². The first kappa shape index (κ1) is 16.6. The van der Waals surface area contributed by atoms with E-state index < -0.39 is 10.0 Å². The van der Waals surface area contributed by atoms with E-state index in [-0.39, 0.29) is 24.5 Å². The molecule has 8 nitrogen and oxygen atoms in total. The van der Waals surface area contributed by atoms with E-state index in [1.807, 2.05) is 0 Å². The second-order valence-corrected chi connectivity index (χ2v) is 7.71. The molecule has 0 aliphatic carbocycles. The Balaban J connectivity index is 1.87. The molecule has 0 spiro atoms. The topological polar surface area (TPSA) is 96.0 Å². The number of fused-ring (bicyclic) bond motifs is 1. The largest absolute Gasteiger partial charge is 0.496 e. The molecule has 24 heavy (non-hydrogen) atoms. The van der Waals surface area contributed by atoms with E-state index in [0.29, 0.717) is 30.0 Å². The number of rotatable bonds is 5. The van der Waals surface area contributed by atoms with Crippen molar-refractivity contribution in [3.8, 4) is 5.75 Å². The fourth-order valence-corrected chi connectivity index (χ4v) is 3.73. The van der Waals surface area contributed by atoms with Crippen LogP contribution in [0.25, 0.3) is 0 Å². The van der Waals surface area contributed by atoms with Crippen molar-refractivity contribution in [1.29, 1.82) is 0 Å². The number of imide groups is 1. The number of anilines is 1. The van der Waals surface area contributed by atoms with E-state index in [4.69, 9.17) is 4.74 Å². The number of nitrogens with one attached hydrogen (secondary N) is 1. The molecule has 3 amide bonds. The highest BCUT2D eigenvalue weighted by molar-refractivity contribution is 7.92. The van der Waals surface area contributed by atoms with Crippen LogP contribution in [-0.4, -0.2) is 56.1 Å². The minimum absolute atomic E-state index is 0.0487. The van der Waals surface area contributed by atoms with Gasteiger partial charge in [-0.25, -0.2) is 13.2 Å². The van der Waals surface area contributed by atoms with Crippen molar-refractivity contribution in [1.82, 2.24) is 9.80 Å². The van der Waals surface area contributed by atoms with E-state index in [1.165, 1.54) is 12.0 Å². The van der Waals surface area contributed by atoms with Gasteiger partial charge in [0.25, 0.3) is 5.91 Å². The molecular formula is C15H19N3O5S. The van der Waals surface area contributed by atoms with Crippen molar-refractivity contribution in [2.75, 3.05) is 24.6 Å². The molecule has 9 heteroatoms. The third kappa shape index (κ3) is 3.03. The maximum Gasteiger partial charge on any atom is 0.327 e. The molecule has 1 N–H and O–H groups in total. The third-order valence-electron chi connectivity index (χ3n) is 4.19. The lowest BCUT2D eigenvalue weighted by Crippen LogP contribution is -2.32. The molecule has 2 fully saturated rings. The van der Waals surface area contributed by atoms with Crippen molar-refractivity contribution in [2.45, 2.75) is 25.4 Å². The number of amides is 3. The first-order chi connectivity index (χ1) is 11.3. The van der Waals surface area contributed by atoms with Crippen molar-refractivity contribution < 1.29 is 22.7 Å². The predicted molar refractivity (Wildman–Crippen MR) is 87.1 cm³/mol. The van der Waals surface area contributed by atoms with Crippen molar-refractivity contribution >= 4 is 27.6 Å². The Kier molecular flexibility index (Phi) is 4.12. The van der Waals surface area contributed by atoms with Gasteiger partial charge in [-0.1, -0.05) is 0 Å². The standard InChI is InChI=1S/C15H19N3O5S/c1-23-13-6-5-11(16-24(2,21)22)8-10(13)9-18-14(19)12-4-3-7-17(12)15(18)20/h5-6,8,12,16H,3-4,7,9H2,1-2H3. The Morgan fingerprint density at radius 1 is 1.33 bits per heavy atom. The zero-order valence-corrected chi connectivity index (χ0v) is 14.3. The molecule has 0 saturated carbocycles. The molecule has 2 aliphatic heterocycles. The van der Waals surface area contributed by atoms with Crippen molar-refractivity contribution in [3.05, 3.63) is 23.8 Å². The number of hydrogen-bond acceptors (Lipinski definition) is 5. The number of methoxy groups -OCH3 is 1. The van der Waals surface area contributed by atoms with Gasteiger partial charge in [0.2, 0.25) is 10.0 Å². The summed E-state index contributed by atoms with van der Waals surface area (Å²) in [7, 11) is -1.94. The summed E-state index contributed by atoms with van der Waals surface area (Å²) in [4.78, 5) is 27.6. The van der Waals surface area contributed by atoms with Crippen LogP contribution in [0.1, 0.15) is 18.4 Å². The molecule has 1 unspecified atom stereocenters. The lowest BCUT2D eigenvalue weighted by Gasteiger charge is -2.18. The van der Waals surface area contributed by atoms with Gasteiger partial charge in [-0.2, -0.15) is 0 Å².